The first-order valence-corrected chi connectivity index (χ1v) is 7.44. The molecular weight excluding hydrogens is 256 g/mol. The summed E-state index contributed by atoms with van der Waals surface area (Å²) in [5, 5.41) is 0. The molecule has 0 atom stereocenters. The zero-order valence-corrected chi connectivity index (χ0v) is 11.5. The van der Waals surface area contributed by atoms with Gasteiger partial charge in [-0.15, -0.1) is 0 Å². The Morgan fingerprint density at radius 2 is 1.94 bits per heavy atom. The van der Waals surface area contributed by atoms with Crippen LogP contribution in [0.1, 0.15) is 12.8 Å². The van der Waals surface area contributed by atoms with Crippen LogP contribution in [0.15, 0.2) is 0 Å². The van der Waals surface area contributed by atoms with E-state index in [0.717, 1.165) is 56.6 Å². The first-order chi connectivity index (χ1) is 8.27. The third-order valence-electron chi connectivity index (χ3n) is 3.05. The highest BCUT2D eigenvalue weighted by Gasteiger charge is 2.25. The van der Waals surface area contributed by atoms with Crippen molar-refractivity contribution in [2.45, 2.75) is 12.8 Å². The maximum atomic E-state index is 11.5. The van der Waals surface area contributed by atoms with Gasteiger partial charge in [0.2, 0.25) is 5.91 Å². The zero-order valence-electron chi connectivity index (χ0n) is 9.89. The van der Waals surface area contributed by atoms with E-state index >= 15 is 0 Å². The number of thiocarbonyl (C=S) groups is 1. The second-order valence-electron chi connectivity index (χ2n) is 4.26. The number of ether oxygens (including phenoxy) is 1. The van der Waals surface area contributed by atoms with Crippen molar-refractivity contribution in [3.63, 3.8) is 0 Å². The second kappa shape index (κ2) is 6.68. The molecule has 0 radical (unpaired) electrons. The van der Waals surface area contributed by atoms with Crippen LogP contribution < -0.4 is 0 Å². The van der Waals surface area contributed by atoms with Crippen molar-refractivity contribution in [3.8, 4) is 0 Å². The Bertz CT molecular complexity index is 277. The number of hydrogen-bond acceptors (Lipinski definition) is 5. The Kier molecular flexibility index (Phi) is 5.21. The van der Waals surface area contributed by atoms with Crippen molar-refractivity contribution in [1.82, 2.24) is 9.80 Å². The summed E-state index contributed by atoms with van der Waals surface area (Å²) in [5.41, 5.74) is 0. The fourth-order valence-corrected chi connectivity index (χ4v) is 3.15. The van der Waals surface area contributed by atoms with Gasteiger partial charge in [-0.1, -0.05) is 24.0 Å². The number of carbonyl (C=O) groups excluding carboxylic acids is 1. The zero-order chi connectivity index (χ0) is 12.1. The van der Waals surface area contributed by atoms with E-state index in [2.05, 4.69) is 4.90 Å². The van der Waals surface area contributed by atoms with Crippen LogP contribution in [0.4, 0.5) is 0 Å². The number of hydrogen-bond donors (Lipinski definition) is 0. The Labute approximate surface area is 112 Å². The maximum Gasteiger partial charge on any atom is 0.238 e. The van der Waals surface area contributed by atoms with Gasteiger partial charge in [-0.3, -0.25) is 14.6 Å². The molecule has 0 spiro atoms. The fraction of sp³-hybridized carbons (Fsp3) is 0.818. The summed E-state index contributed by atoms with van der Waals surface area (Å²) in [6.07, 6.45) is 2.15. The largest absolute Gasteiger partial charge is 0.379 e. The van der Waals surface area contributed by atoms with E-state index in [1.54, 1.807) is 4.90 Å². The molecule has 0 aliphatic carbocycles. The van der Waals surface area contributed by atoms with Gasteiger partial charge in [0.15, 0.2) is 0 Å². The SMILES string of the molecule is O=C1CSC(=S)N1CCCCN1CCOCC1. The van der Waals surface area contributed by atoms with Crippen LogP contribution in [-0.2, 0) is 9.53 Å². The topological polar surface area (TPSA) is 32.8 Å². The summed E-state index contributed by atoms with van der Waals surface area (Å²) in [5.74, 6) is 0.703. The molecule has 2 saturated heterocycles. The summed E-state index contributed by atoms with van der Waals surface area (Å²) >= 11 is 6.61. The highest BCUT2D eigenvalue weighted by atomic mass is 32.2. The summed E-state index contributed by atoms with van der Waals surface area (Å²) in [7, 11) is 0. The van der Waals surface area contributed by atoms with E-state index in [4.69, 9.17) is 17.0 Å². The monoisotopic (exact) mass is 274 g/mol. The Hall–Kier alpha value is -0.170. The average Bonchev–Trinajstić information content (AvgIpc) is 2.67. The molecule has 6 heteroatoms. The molecule has 0 aromatic heterocycles. The first kappa shape index (κ1) is 13.3. The molecule has 0 saturated carbocycles. The lowest BCUT2D eigenvalue weighted by molar-refractivity contribution is -0.124. The third kappa shape index (κ3) is 3.91. The van der Waals surface area contributed by atoms with Crippen molar-refractivity contribution in [2.24, 2.45) is 0 Å². The lowest BCUT2D eigenvalue weighted by Crippen LogP contribution is -2.37. The third-order valence-corrected chi connectivity index (χ3v) is 4.48. The predicted octanol–water partition coefficient (Wildman–Crippen LogP) is 0.959. The number of unbranched alkanes of at least 4 members (excludes halogenated alkanes) is 1. The molecule has 2 fully saturated rings. The van der Waals surface area contributed by atoms with Crippen molar-refractivity contribution in [3.05, 3.63) is 0 Å². The standard InChI is InChI=1S/C11H18N2O2S2/c14-10-9-17-11(16)13(10)4-2-1-3-12-5-7-15-8-6-12/h1-9H2. The molecule has 0 aromatic rings. The molecule has 17 heavy (non-hydrogen) atoms. The van der Waals surface area contributed by atoms with Crippen LogP contribution in [0.25, 0.3) is 0 Å². The molecule has 2 aliphatic rings. The van der Waals surface area contributed by atoms with E-state index in [1.807, 2.05) is 0 Å². The lowest BCUT2D eigenvalue weighted by Gasteiger charge is -2.26. The van der Waals surface area contributed by atoms with Crippen molar-refractivity contribution < 1.29 is 9.53 Å². The average molecular weight is 274 g/mol. The van der Waals surface area contributed by atoms with Crippen molar-refractivity contribution >= 4 is 34.2 Å². The minimum Gasteiger partial charge on any atom is -0.379 e. The normalized spacial score (nSPS) is 22.5. The number of carbonyl (C=O) groups is 1. The van der Waals surface area contributed by atoms with Gasteiger partial charge in [-0.25, -0.2) is 0 Å². The molecule has 0 aromatic carbocycles. The highest BCUT2D eigenvalue weighted by Crippen LogP contribution is 2.19. The van der Waals surface area contributed by atoms with Gasteiger partial charge in [0, 0.05) is 19.6 Å². The highest BCUT2D eigenvalue weighted by molar-refractivity contribution is 8.23. The molecule has 2 rings (SSSR count). The van der Waals surface area contributed by atoms with Gasteiger partial charge in [-0.05, 0) is 19.4 Å². The molecule has 0 N–H and O–H groups in total. The summed E-state index contributed by atoms with van der Waals surface area (Å²) in [6, 6.07) is 0. The van der Waals surface area contributed by atoms with E-state index in [9.17, 15) is 4.79 Å². The van der Waals surface area contributed by atoms with Crippen LogP contribution in [-0.4, -0.2) is 65.2 Å². The Morgan fingerprint density at radius 3 is 2.59 bits per heavy atom. The Balaban J connectivity index is 1.59. The van der Waals surface area contributed by atoms with Gasteiger partial charge in [-0.2, -0.15) is 0 Å². The minimum absolute atomic E-state index is 0.173. The smallest absolute Gasteiger partial charge is 0.238 e. The van der Waals surface area contributed by atoms with Gasteiger partial charge < -0.3 is 4.74 Å². The molecule has 96 valence electrons. The van der Waals surface area contributed by atoms with E-state index in [-0.39, 0.29) is 5.91 Å². The minimum atomic E-state index is 0.173. The number of rotatable bonds is 5. The number of thioether (sulfide) groups is 1. The number of nitrogens with zero attached hydrogens (tertiary/aromatic N) is 2. The van der Waals surface area contributed by atoms with Gasteiger partial charge in [0.05, 0.1) is 19.0 Å². The van der Waals surface area contributed by atoms with Crippen LogP contribution in [0.5, 0.6) is 0 Å². The molecule has 0 unspecified atom stereocenters. The molecule has 0 bridgehead atoms. The van der Waals surface area contributed by atoms with Crippen LogP contribution in [0.2, 0.25) is 0 Å². The predicted molar refractivity (Wildman–Crippen MR) is 73.3 cm³/mol. The lowest BCUT2D eigenvalue weighted by atomic mass is 10.2. The quantitative estimate of drug-likeness (QED) is 0.551. The summed E-state index contributed by atoms with van der Waals surface area (Å²) < 4.78 is 6.05. The van der Waals surface area contributed by atoms with Gasteiger partial charge in [0.1, 0.15) is 4.32 Å². The van der Waals surface area contributed by atoms with E-state index in [0.29, 0.717) is 5.75 Å². The van der Waals surface area contributed by atoms with Crippen molar-refractivity contribution in [1.29, 1.82) is 0 Å². The molecule has 4 nitrogen and oxygen atoms in total. The molecule has 2 heterocycles. The van der Waals surface area contributed by atoms with E-state index < -0.39 is 0 Å². The number of morpholine rings is 1. The van der Waals surface area contributed by atoms with Crippen LogP contribution in [0.3, 0.4) is 0 Å². The van der Waals surface area contributed by atoms with Gasteiger partial charge >= 0.3 is 0 Å². The maximum absolute atomic E-state index is 11.5. The first-order valence-electron chi connectivity index (χ1n) is 6.04. The van der Waals surface area contributed by atoms with Crippen LogP contribution in [0, 0.1) is 0 Å². The van der Waals surface area contributed by atoms with Gasteiger partial charge in [0.25, 0.3) is 0 Å². The van der Waals surface area contributed by atoms with Crippen LogP contribution >= 0.6 is 24.0 Å². The molecule has 1 amide bonds. The molecular formula is C11H18N2O2S2. The van der Waals surface area contributed by atoms with E-state index in [1.165, 1.54) is 11.8 Å². The fourth-order valence-electron chi connectivity index (χ4n) is 2.03. The van der Waals surface area contributed by atoms with Crippen molar-refractivity contribution in [2.75, 3.05) is 45.1 Å². The second-order valence-corrected chi connectivity index (χ2v) is 5.87. The summed E-state index contributed by atoms with van der Waals surface area (Å²) in [4.78, 5) is 15.6. The summed E-state index contributed by atoms with van der Waals surface area (Å²) in [6.45, 7) is 5.67. The number of amides is 1. The molecule has 2 aliphatic heterocycles. The Morgan fingerprint density at radius 1 is 1.24 bits per heavy atom.